The SMILES string of the molecule is O=C(O)CC1CCN(C(=O)CCc2cccc(Br)c2)CC1. The number of amides is 1. The molecule has 4 nitrogen and oxygen atoms in total. The third-order valence-corrected chi connectivity index (χ3v) is 4.44. The van der Waals surface area contributed by atoms with Gasteiger partial charge in [-0.15, -0.1) is 0 Å². The van der Waals surface area contributed by atoms with Gasteiger partial charge in [0.05, 0.1) is 0 Å². The van der Waals surface area contributed by atoms with Crippen molar-refractivity contribution in [2.24, 2.45) is 5.92 Å². The van der Waals surface area contributed by atoms with Crippen LogP contribution in [0.3, 0.4) is 0 Å². The number of benzene rings is 1. The zero-order chi connectivity index (χ0) is 15.2. The van der Waals surface area contributed by atoms with Crippen LogP contribution < -0.4 is 0 Å². The number of likely N-dealkylation sites (tertiary alicyclic amines) is 1. The van der Waals surface area contributed by atoms with Crippen LogP contribution in [0.15, 0.2) is 28.7 Å². The van der Waals surface area contributed by atoms with Gasteiger partial charge in [0, 0.05) is 30.4 Å². The van der Waals surface area contributed by atoms with E-state index in [4.69, 9.17) is 5.11 Å². The fraction of sp³-hybridized carbons (Fsp3) is 0.500. The van der Waals surface area contributed by atoms with Crippen molar-refractivity contribution in [3.63, 3.8) is 0 Å². The smallest absolute Gasteiger partial charge is 0.303 e. The average Bonchev–Trinajstić information content (AvgIpc) is 2.45. The van der Waals surface area contributed by atoms with Crippen LogP contribution in [0.5, 0.6) is 0 Å². The van der Waals surface area contributed by atoms with Gasteiger partial charge in [0.15, 0.2) is 0 Å². The number of carbonyl (C=O) groups is 2. The van der Waals surface area contributed by atoms with Crippen molar-refractivity contribution in [2.45, 2.75) is 32.1 Å². The van der Waals surface area contributed by atoms with Crippen molar-refractivity contribution >= 4 is 27.8 Å². The Kier molecular flexibility index (Phi) is 5.79. The Bertz CT molecular complexity index is 510. The summed E-state index contributed by atoms with van der Waals surface area (Å²) in [6.07, 6.45) is 3.08. The Morgan fingerprint density at radius 2 is 2.00 bits per heavy atom. The highest BCUT2D eigenvalue weighted by Gasteiger charge is 2.23. The molecule has 0 bridgehead atoms. The van der Waals surface area contributed by atoms with Crippen LogP contribution in [0.2, 0.25) is 0 Å². The summed E-state index contributed by atoms with van der Waals surface area (Å²) < 4.78 is 1.03. The Hall–Kier alpha value is -1.36. The number of hydrogen-bond acceptors (Lipinski definition) is 2. The lowest BCUT2D eigenvalue weighted by molar-refractivity contribution is -0.138. The monoisotopic (exact) mass is 353 g/mol. The van der Waals surface area contributed by atoms with E-state index in [1.165, 1.54) is 0 Å². The van der Waals surface area contributed by atoms with Gasteiger partial charge in [0.1, 0.15) is 0 Å². The molecule has 1 aliphatic heterocycles. The molecule has 1 amide bonds. The minimum absolute atomic E-state index is 0.170. The predicted octanol–water partition coefficient (Wildman–Crippen LogP) is 3.10. The lowest BCUT2D eigenvalue weighted by Crippen LogP contribution is -2.39. The predicted molar refractivity (Wildman–Crippen MR) is 84.0 cm³/mol. The summed E-state index contributed by atoms with van der Waals surface area (Å²) in [5.74, 6) is -0.352. The largest absolute Gasteiger partial charge is 0.481 e. The molecule has 1 aliphatic rings. The molecule has 0 saturated carbocycles. The highest BCUT2D eigenvalue weighted by Crippen LogP contribution is 2.21. The normalized spacial score (nSPS) is 16.0. The summed E-state index contributed by atoms with van der Waals surface area (Å²) in [5.41, 5.74) is 1.15. The van der Waals surface area contributed by atoms with Gasteiger partial charge in [-0.3, -0.25) is 9.59 Å². The summed E-state index contributed by atoms with van der Waals surface area (Å²) in [4.78, 5) is 24.7. The molecule has 0 atom stereocenters. The lowest BCUT2D eigenvalue weighted by Gasteiger charge is -2.31. The standard InChI is InChI=1S/C16H20BrNO3/c17-14-3-1-2-12(10-14)4-5-15(19)18-8-6-13(7-9-18)11-16(20)21/h1-3,10,13H,4-9,11H2,(H,20,21). The summed E-state index contributed by atoms with van der Waals surface area (Å²) >= 11 is 3.43. The van der Waals surface area contributed by atoms with Crippen LogP contribution in [-0.4, -0.2) is 35.0 Å². The third kappa shape index (κ3) is 5.16. The van der Waals surface area contributed by atoms with E-state index in [9.17, 15) is 9.59 Å². The Morgan fingerprint density at radius 1 is 1.29 bits per heavy atom. The number of aliphatic carboxylic acids is 1. The molecule has 1 saturated heterocycles. The highest BCUT2D eigenvalue weighted by atomic mass is 79.9. The van der Waals surface area contributed by atoms with E-state index in [2.05, 4.69) is 15.9 Å². The van der Waals surface area contributed by atoms with Crippen molar-refractivity contribution in [3.8, 4) is 0 Å². The van der Waals surface area contributed by atoms with Gasteiger partial charge in [-0.1, -0.05) is 28.1 Å². The van der Waals surface area contributed by atoms with Crippen LogP contribution >= 0.6 is 15.9 Å². The van der Waals surface area contributed by atoms with Crippen molar-refractivity contribution in [3.05, 3.63) is 34.3 Å². The van der Waals surface area contributed by atoms with Crippen molar-refractivity contribution in [2.75, 3.05) is 13.1 Å². The number of halogens is 1. The van der Waals surface area contributed by atoms with E-state index in [0.29, 0.717) is 19.5 Å². The molecule has 5 heteroatoms. The molecule has 21 heavy (non-hydrogen) atoms. The highest BCUT2D eigenvalue weighted by molar-refractivity contribution is 9.10. The van der Waals surface area contributed by atoms with E-state index in [1.54, 1.807) is 0 Å². The molecule has 0 aromatic heterocycles. The van der Waals surface area contributed by atoms with Gasteiger partial charge >= 0.3 is 5.97 Å². The fourth-order valence-corrected chi connectivity index (χ4v) is 3.18. The maximum absolute atomic E-state index is 12.2. The van der Waals surface area contributed by atoms with Gasteiger partial charge in [0.25, 0.3) is 0 Å². The Labute approximate surface area is 133 Å². The van der Waals surface area contributed by atoms with E-state index < -0.39 is 5.97 Å². The van der Waals surface area contributed by atoms with Crippen LogP contribution in [0, 0.1) is 5.92 Å². The number of carbonyl (C=O) groups excluding carboxylic acids is 1. The fourth-order valence-electron chi connectivity index (χ4n) is 2.74. The van der Waals surface area contributed by atoms with Crippen LogP contribution in [-0.2, 0) is 16.0 Å². The van der Waals surface area contributed by atoms with Gasteiger partial charge in [-0.05, 0) is 42.9 Å². The van der Waals surface area contributed by atoms with Gasteiger partial charge < -0.3 is 10.0 Å². The average molecular weight is 354 g/mol. The summed E-state index contributed by atoms with van der Waals surface area (Å²) in [5, 5.41) is 8.79. The van der Waals surface area contributed by atoms with Crippen LogP contribution in [0.1, 0.15) is 31.2 Å². The molecule has 1 heterocycles. The maximum Gasteiger partial charge on any atom is 0.303 e. The van der Waals surface area contributed by atoms with Crippen LogP contribution in [0.4, 0.5) is 0 Å². The van der Waals surface area contributed by atoms with E-state index in [1.807, 2.05) is 29.2 Å². The molecule has 1 aromatic rings. The van der Waals surface area contributed by atoms with Gasteiger partial charge in [-0.25, -0.2) is 0 Å². The van der Waals surface area contributed by atoms with Gasteiger partial charge in [0.2, 0.25) is 5.91 Å². The molecule has 2 rings (SSSR count). The molecular formula is C16H20BrNO3. The second-order valence-electron chi connectivity index (χ2n) is 5.55. The number of aryl methyl sites for hydroxylation is 1. The Balaban J connectivity index is 1.76. The minimum Gasteiger partial charge on any atom is -0.481 e. The minimum atomic E-state index is -0.741. The first kappa shape index (κ1) is 16.0. The molecule has 1 aromatic carbocycles. The first-order chi connectivity index (χ1) is 10.0. The topological polar surface area (TPSA) is 57.6 Å². The van der Waals surface area contributed by atoms with Crippen molar-refractivity contribution in [1.29, 1.82) is 0 Å². The molecular weight excluding hydrogens is 334 g/mol. The first-order valence-corrected chi connectivity index (χ1v) is 8.08. The molecule has 0 unspecified atom stereocenters. The first-order valence-electron chi connectivity index (χ1n) is 7.28. The number of piperidine rings is 1. The van der Waals surface area contributed by atoms with Crippen molar-refractivity contribution in [1.82, 2.24) is 4.90 Å². The number of rotatable bonds is 5. The number of nitrogens with zero attached hydrogens (tertiary/aromatic N) is 1. The molecule has 114 valence electrons. The molecule has 1 N–H and O–H groups in total. The zero-order valence-corrected chi connectivity index (χ0v) is 13.5. The quantitative estimate of drug-likeness (QED) is 0.884. The second kappa shape index (κ2) is 7.59. The number of hydrogen-bond donors (Lipinski definition) is 1. The molecule has 0 aliphatic carbocycles. The Morgan fingerprint density at radius 3 is 2.62 bits per heavy atom. The lowest BCUT2D eigenvalue weighted by atomic mass is 9.93. The number of carboxylic acids is 1. The van der Waals surface area contributed by atoms with Crippen LogP contribution in [0.25, 0.3) is 0 Å². The summed E-state index contributed by atoms with van der Waals surface area (Å²) in [6.45, 7) is 1.38. The summed E-state index contributed by atoms with van der Waals surface area (Å²) in [7, 11) is 0. The third-order valence-electron chi connectivity index (χ3n) is 3.95. The molecule has 0 radical (unpaired) electrons. The van der Waals surface area contributed by atoms with Crippen molar-refractivity contribution < 1.29 is 14.7 Å². The van der Waals surface area contributed by atoms with Gasteiger partial charge in [-0.2, -0.15) is 0 Å². The second-order valence-corrected chi connectivity index (χ2v) is 6.47. The summed E-state index contributed by atoms with van der Waals surface area (Å²) in [6, 6.07) is 8.00. The zero-order valence-electron chi connectivity index (χ0n) is 11.9. The molecule has 1 fully saturated rings. The molecule has 0 spiro atoms. The van der Waals surface area contributed by atoms with E-state index in [0.717, 1.165) is 29.3 Å². The maximum atomic E-state index is 12.2. The number of carboxylic acid groups (broad SMARTS) is 1. The van der Waals surface area contributed by atoms with E-state index >= 15 is 0 Å². The van der Waals surface area contributed by atoms with E-state index in [-0.39, 0.29) is 18.2 Å².